The third-order valence-corrected chi connectivity index (χ3v) is 2.17. The van der Waals surface area contributed by atoms with Crippen LogP contribution in [-0.2, 0) is 0 Å². The molecule has 0 aliphatic rings. The van der Waals surface area contributed by atoms with Gasteiger partial charge in [0, 0.05) is 12.2 Å². The Bertz CT molecular complexity index is 394. The number of nitrogen functional groups attached to an aromatic ring is 1. The van der Waals surface area contributed by atoms with Crippen LogP contribution in [0.4, 0.5) is 5.69 Å². The van der Waals surface area contributed by atoms with Crippen LogP contribution in [0.15, 0.2) is 18.2 Å². The minimum absolute atomic E-state index is 0.0433. The highest BCUT2D eigenvalue weighted by molar-refractivity contribution is 5.89. The number of rotatable bonds is 4. The second-order valence-electron chi connectivity index (χ2n) is 3.44. The summed E-state index contributed by atoms with van der Waals surface area (Å²) in [6.45, 7) is -0.127. The third-order valence-electron chi connectivity index (χ3n) is 2.17. The zero-order chi connectivity index (χ0) is 12.3. The number of aliphatic hydroxyl groups is 2. The number of nitrogens with two attached hydrogens (primary N) is 2. The van der Waals surface area contributed by atoms with E-state index in [1.54, 1.807) is 0 Å². The molecular formula is C10H14N2O4. The molecule has 0 spiro atoms. The normalized spacial score (nSPS) is 14.4. The Morgan fingerprint density at radius 2 is 1.94 bits per heavy atom. The minimum atomic E-state index is -1.24. The molecule has 1 rings (SSSR count). The maximum absolute atomic E-state index is 10.7. The van der Waals surface area contributed by atoms with Gasteiger partial charge >= 0.3 is 5.97 Å². The van der Waals surface area contributed by atoms with Crippen LogP contribution in [0.5, 0.6) is 0 Å². The zero-order valence-electron chi connectivity index (χ0n) is 8.50. The Hall–Kier alpha value is -1.63. The highest BCUT2D eigenvalue weighted by Crippen LogP contribution is 2.21. The summed E-state index contributed by atoms with van der Waals surface area (Å²) < 4.78 is 0. The summed E-state index contributed by atoms with van der Waals surface area (Å²) >= 11 is 0. The predicted molar refractivity (Wildman–Crippen MR) is 57.8 cm³/mol. The molecule has 88 valence electrons. The molecule has 0 aliphatic carbocycles. The molecule has 16 heavy (non-hydrogen) atoms. The summed E-state index contributed by atoms with van der Waals surface area (Å²) in [7, 11) is 0. The van der Waals surface area contributed by atoms with E-state index in [9.17, 15) is 15.0 Å². The lowest BCUT2D eigenvalue weighted by Gasteiger charge is -2.17. The van der Waals surface area contributed by atoms with Gasteiger partial charge in [-0.25, -0.2) is 4.79 Å². The number of carbonyl (C=O) groups is 1. The van der Waals surface area contributed by atoms with Crippen LogP contribution in [0.25, 0.3) is 0 Å². The summed E-state index contributed by atoms with van der Waals surface area (Å²) in [6.07, 6.45) is -2.39. The molecule has 0 radical (unpaired) electrons. The lowest BCUT2D eigenvalue weighted by molar-refractivity contribution is 0.0243. The average Bonchev–Trinajstić information content (AvgIpc) is 2.26. The van der Waals surface area contributed by atoms with Crippen LogP contribution >= 0.6 is 0 Å². The molecule has 2 atom stereocenters. The predicted octanol–water partition coefficient (Wildman–Crippen LogP) is -0.680. The first kappa shape index (κ1) is 12.4. The van der Waals surface area contributed by atoms with Gasteiger partial charge in [-0.2, -0.15) is 0 Å². The number of hydrogen-bond donors (Lipinski definition) is 5. The van der Waals surface area contributed by atoms with Crippen molar-refractivity contribution in [1.82, 2.24) is 0 Å². The van der Waals surface area contributed by atoms with E-state index >= 15 is 0 Å². The lowest BCUT2D eigenvalue weighted by Crippen LogP contribution is -2.27. The van der Waals surface area contributed by atoms with E-state index in [2.05, 4.69) is 0 Å². The summed E-state index contributed by atoms with van der Waals surface area (Å²) in [6, 6.07) is 3.92. The monoisotopic (exact) mass is 226 g/mol. The van der Waals surface area contributed by atoms with Crippen LogP contribution in [0.3, 0.4) is 0 Å². The van der Waals surface area contributed by atoms with Gasteiger partial charge in [-0.1, -0.05) is 0 Å². The van der Waals surface area contributed by atoms with Crippen molar-refractivity contribution in [1.29, 1.82) is 0 Å². The van der Waals surface area contributed by atoms with Gasteiger partial charge in [-0.3, -0.25) is 0 Å². The maximum atomic E-state index is 10.7. The van der Waals surface area contributed by atoms with E-state index in [0.717, 1.165) is 0 Å². The smallest absolute Gasteiger partial charge is 0.335 e. The van der Waals surface area contributed by atoms with Crippen molar-refractivity contribution in [2.24, 2.45) is 5.73 Å². The second-order valence-corrected chi connectivity index (χ2v) is 3.44. The molecule has 0 aromatic heterocycles. The topological polar surface area (TPSA) is 130 Å². The minimum Gasteiger partial charge on any atom is -0.478 e. The van der Waals surface area contributed by atoms with Gasteiger partial charge in [0.15, 0.2) is 0 Å². The van der Waals surface area contributed by atoms with Crippen LogP contribution in [0, 0.1) is 0 Å². The number of benzene rings is 1. The van der Waals surface area contributed by atoms with Gasteiger partial charge in [-0.05, 0) is 23.8 Å². The standard InChI is InChI=1S/C10H14N2O4/c11-4-8(13)9(14)5-1-6(10(15)16)3-7(12)2-5/h1-3,8-9,13-14H,4,11-12H2,(H,15,16). The number of carboxylic acid groups (broad SMARTS) is 1. The molecule has 0 saturated heterocycles. The Kier molecular flexibility index (Phi) is 3.83. The van der Waals surface area contributed by atoms with Gasteiger partial charge in [0.1, 0.15) is 6.10 Å². The largest absolute Gasteiger partial charge is 0.478 e. The van der Waals surface area contributed by atoms with Crippen molar-refractivity contribution in [2.45, 2.75) is 12.2 Å². The molecule has 7 N–H and O–H groups in total. The Morgan fingerprint density at radius 1 is 1.31 bits per heavy atom. The first-order valence-electron chi connectivity index (χ1n) is 4.65. The van der Waals surface area contributed by atoms with Gasteiger partial charge in [0.25, 0.3) is 0 Å². The van der Waals surface area contributed by atoms with Crippen LogP contribution < -0.4 is 11.5 Å². The van der Waals surface area contributed by atoms with Crippen molar-refractivity contribution in [3.8, 4) is 0 Å². The average molecular weight is 226 g/mol. The van der Waals surface area contributed by atoms with Crippen molar-refractivity contribution < 1.29 is 20.1 Å². The number of carboxylic acids is 1. The molecule has 0 heterocycles. The molecule has 0 amide bonds. The van der Waals surface area contributed by atoms with Crippen LogP contribution in [0.1, 0.15) is 22.0 Å². The first-order chi connectivity index (χ1) is 7.45. The van der Waals surface area contributed by atoms with Crippen molar-refractivity contribution >= 4 is 11.7 Å². The van der Waals surface area contributed by atoms with Crippen molar-refractivity contribution in [3.63, 3.8) is 0 Å². The van der Waals surface area contributed by atoms with E-state index in [0.29, 0.717) is 0 Å². The fourth-order valence-corrected chi connectivity index (χ4v) is 1.32. The summed E-state index contributed by atoms with van der Waals surface area (Å²) in [4.78, 5) is 10.7. The molecule has 0 fully saturated rings. The fourth-order valence-electron chi connectivity index (χ4n) is 1.32. The number of aliphatic hydroxyl groups excluding tert-OH is 2. The van der Waals surface area contributed by atoms with Gasteiger partial charge < -0.3 is 26.8 Å². The Balaban J connectivity index is 3.09. The lowest BCUT2D eigenvalue weighted by atomic mass is 10.0. The van der Waals surface area contributed by atoms with E-state index in [4.69, 9.17) is 16.6 Å². The number of hydrogen-bond acceptors (Lipinski definition) is 5. The molecule has 0 saturated carbocycles. The Morgan fingerprint density at radius 3 is 2.44 bits per heavy atom. The van der Waals surface area contributed by atoms with Crippen LogP contribution in [-0.4, -0.2) is 33.9 Å². The molecule has 2 unspecified atom stereocenters. The van der Waals surface area contributed by atoms with Gasteiger partial charge in [-0.15, -0.1) is 0 Å². The highest BCUT2D eigenvalue weighted by atomic mass is 16.4. The number of aromatic carboxylic acids is 1. The number of anilines is 1. The quantitative estimate of drug-likeness (QED) is 0.432. The molecule has 0 aliphatic heterocycles. The molecular weight excluding hydrogens is 212 g/mol. The van der Waals surface area contributed by atoms with Crippen molar-refractivity contribution in [2.75, 3.05) is 12.3 Å². The second kappa shape index (κ2) is 4.93. The molecule has 6 nitrogen and oxygen atoms in total. The fraction of sp³-hybridized carbons (Fsp3) is 0.300. The summed E-state index contributed by atoms with van der Waals surface area (Å²) in [5.41, 5.74) is 11.1. The molecule has 1 aromatic rings. The summed E-state index contributed by atoms with van der Waals surface area (Å²) in [5, 5.41) is 27.8. The maximum Gasteiger partial charge on any atom is 0.335 e. The van der Waals surface area contributed by atoms with Gasteiger partial charge in [0.05, 0.1) is 11.7 Å². The van der Waals surface area contributed by atoms with E-state index in [1.807, 2.05) is 0 Å². The van der Waals surface area contributed by atoms with E-state index < -0.39 is 18.2 Å². The molecule has 6 heteroatoms. The molecule has 0 bridgehead atoms. The highest BCUT2D eigenvalue weighted by Gasteiger charge is 2.18. The summed E-state index contributed by atoms with van der Waals surface area (Å²) in [5.74, 6) is -1.15. The van der Waals surface area contributed by atoms with Crippen LogP contribution in [0.2, 0.25) is 0 Å². The SMILES string of the molecule is NCC(O)C(O)c1cc(N)cc(C(=O)O)c1. The van der Waals surface area contributed by atoms with Gasteiger partial charge in [0.2, 0.25) is 0 Å². The van der Waals surface area contributed by atoms with E-state index in [1.165, 1.54) is 18.2 Å². The first-order valence-corrected chi connectivity index (χ1v) is 4.65. The third kappa shape index (κ3) is 2.69. The zero-order valence-corrected chi connectivity index (χ0v) is 8.50. The molecule has 1 aromatic carbocycles. The van der Waals surface area contributed by atoms with Crippen molar-refractivity contribution in [3.05, 3.63) is 29.3 Å². The Labute approximate surface area is 92.1 Å². The van der Waals surface area contributed by atoms with E-state index in [-0.39, 0.29) is 23.4 Å².